The number of ether oxygens (including phenoxy) is 1. The van der Waals surface area contributed by atoms with Gasteiger partial charge in [-0.2, -0.15) is 0 Å². The smallest absolute Gasteiger partial charge is 0.0599 e. The summed E-state index contributed by atoms with van der Waals surface area (Å²) in [5.41, 5.74) is 8.36. The largest absolute Gasteiger partial charge is 0.381 e. The molecule has 2 N–H and O–H groups in total. The zero-order chi connectivity index (χ0) is 13.0. The maximum atomic E-state index is 5.88. The summed E-state index contributed by atoms with van der Waals surface area (Å²) in [6.07, 6.45) is 6.33. The van der Waals surface area contributed by atoms with Crippen molar-refractivity contribution in [1.29, 1.82) is 0 Å². The van der Waals surface area contributed by atoms with Crippen molar-refractivity contribution < 1.29 is 4.74 Å². The Labute approximate surface area is 109 Å². The predicted octanol–water partition coefficient (Wildman–Crippen LogP) is 1.33. The third-order valence-corrected chi connectivity index (χ3v) is 3.71. The van der Waals surface area contributed by atoms with Crippen LogP contribution in [0.4, 0.5) is 0 Å². The molecule has 1 aromatic rings. The van der Waals surface area contributed by atoms with Crippen LogP contribution in [0.3, 0.4) is 0 Å². The Morgan fingerprint density at radius 2 is 2.33 bits per heavy atom. The lowest BCUT2D eigenvalue weighted by Crippen LogP contribution is -2.47. The van der Waals surface area contributed by atoms with Crippen LogP contribution in [0.15, 0.2) is 18.5 Å². The monoisotopic (exact) mass is 249 g/mol. The SMILES string of the molecule is COC1CCN(Cc2cncc(C)c2)C(CN)C1. The first-order chi connectivity index (χ1) is 8.72. The van der Waals surface area contributed by atoms with Gasteiger partial charge in [0.05, 0.1) is 6.10 Å². The second kappa shape index (κ2) is 6.27. The van der Waals surface area contributed by atoms with Crippen molar-refractivity contribution in [2.24, 2.45) is 5.73 Å². The molecule has 2 heterocycles. The van der Waals surface area contributed by atoms with E-state index in [0.29, 0.717) is 18.7 Å². The Bertz CT molecular complexity index is 383. The molecule has 1 saturated heterocycles. The van der Waals surface area contributed by atoms with Gasteiger partial charge in [0.1, 0.15) is 0 Å². The van der Waals surface area contributed by atoms with Gasteiger partial charge in [-0.3, -0.25) is 9.88 Å². The lowest BCUT2D eigenvalue weighted by Gasteiger charge is -2.38. The maximum Gasteiger partial charge on any atom is 0.0599 e. The Hall–Kier alpha value is -0.970. The molecule has 18 heavy (non-hydrogen) atoms. The zero-order valence-corrected chi connectivity index (χ0v) is 11.3. The van der Waals surface area contributed by atoms with E-state index in [0.717, 1.165) is 25.9 Å². The molecular weight excluding hydrogens is 226 g/mol. The van der Waals surface area contributed by atoms with Crippen molar-refractivity contribution in [2.45, 2.75) is 38.5 Å². The number of aryl methyl sites for hydroxylation is 1. The van der Waals surface area contributed by atoms with Crippen LogP contribution < -0.4 is 5.73 Å². The van der Waals surface area contributed by atoms with Gasteiger partial charge in [0.25, 0.3) is 0 Å². The number of piperidine rings is 1. The number of rotatable bonds is 4. The summed E-state index contributed by atoms with van der Waals surface area (Å²) in [5, 5.41) is 0. The second-order valence-electron chi connectivity index (χ2n) is 5.11. The van der Waals surface area contributed by atoms with E-state index in [4.69, 9.17) is 10.5 Å². The normalized spacial score (nSPS) is 25.3. The molecule has 0 saturated carbocycles. The van der Waals surface area contributed by atoms with E-state index in [-0.39, 0.29) is 0 Å². The number of hydrogen-bond donors (Lipinski definition) is 1. The van der Waals surface area contributed by atoms with E-state index in [9.17, 15) is 0 Å². The lowest BCUT2D eigenvalue weighted by molar-refractivity contribution is 0.0102. The number of hydrogen-bond acceptors (Lipinski definition) is 4. The van der Waals surface area contributed by atoms with Crippen LogP contribution in [0.1, 0.15) is 24.0 Å². The first-order valence-electron chi connectivity index (χ1n) is 6.60. The van der Waals surface area contributed by atoms with E-state index in [2.05, 4.69) is 22.9 Å². The van der Waals surface area contributed by atoms with E-state index in [1.807, 2.05) is 12.4 Å². The molecular formula is C14H23N3O. The molecule has 2 atom stereocenters. The molecule has 4 heteroatoms. The molecule has 100 valence electrons. The number of pyridine rings is 1. The van der Waals surface area contributed by atoms with E-state index < -0.39 is 0 Å². The number of nitrogens with two attached hydrogens (primary N) is 1. The molecule has 1 aliphatic heterocycles. The minimum absolute atomic E-state index is 0.366. The van der Waals surface area contributed by atoms with Gasteiger partial charge in [-0.05, 0) is 30.9 Å². The maximum absolute atomic E-state index is 5.88. The van der Waals surface area contributed by atoms with Crippen molar-refractivity contribution in [1.82, 2.24) is 9.88 Å². The average molecular weight is 249 g/mol. The van der Waals surface area contributed by atoms with Crippen LogP contribution in [0.5, 0.6) is 0 Å². The summed E-state index contributed by atoms with van der Waals surface area (Å²) < 4.78 is 5.45. The van der Waals surface area contributed by atoms with Crippen LogP contribution in [0.25, 0.3) is 0 Å². The highest BCUT2D eigenvalue weighted by molar-refractivity contribution is 5.16. The number of likely N-dealkylation sites (tertiary alicyclic amines) is 1. The Morgan fingerprint density at radius 1 is 1.50 bits per heavy atom. The van der Waals surface area contributed by atoms with Gasteiger partial charge in [0.15, 0.2) is 0 Å². The lowest BCUT2D eigenvalue weighted by atomic mass is 9.98. The average Bonchev–Trinajstić information content (AvgIpc) is 2.39. The fourth-order valence-electron chi connectivity index (χ4n) is 2.67. The van der Waals surface area contributed by atoms with Crippen LogP contribution >= 0.6 is 0 Å². The molecule has 0 spiro atoms. The molecule has 0 aliphatic carbocycles. The van der Waals surface area contributed by atoms with Crippen molar-refractivity contribution in [2.75, 3.05) is 20.2 Å². The standard InChI is InChI=1S/C14H23N3O/c1-11-5-12(9-16-8-11)10-17-4-3-14(18-2)6-13(17)7-15/h5,8-9,13-14H,3-4,6-7,10,15H2,1-2H3. The van der Waals surface area contributed by atoms with Crippen LogP contribution in [0, 0.1) is 6.92 Å². The fraction of sp³-hybridized carbons (Fsp3) is 0.643. The van der Waals surface area contributed by atoms with Gasteiger partial charge in [-0.15, -0.1) is 0 Å². The molecule has 0 radical (unpaired) electrons. The zero-order valence-electron chi connectivity index (χ0n) is 11.3. The highest BCUT2D eigenvalue weighted by Crippen LogP contribution is 2.21. The van der Waals surface area contributed by atoms with Gasteiger partial charge >= 0.3 is 0 Å². The van der Waals surface area contributed by atoms with Crippen LogP contribution in [0.2, 0.25) is 0 Å². The van der Waals surface area contributed by atoms with Gasteiger partial charge in [-0.25, -0.2) is 0 Å². The first kappa shape index (κ1) is 13.5. The molecule has 1 aromatic heterocycles. The number of aromatic nitrogens is 1. The highest BCUT2D eigenvalue weighted by atomic mass is 16.5. The minimum atomic E-state index is 0.366. The molecule has 0 aromatic carbocycles. The van der Waals surface area contributed by atoms with Gasteiger partial charge in [-0.1, -0.05) is 6.07 Å². The second-order valence-corrected chi connectivity index (χ2v) is 5.11. The molecule has 1 fully saturated rings. The van der Waals surface area contributed by atoms with Crippen molar-refractivity contribution in [3.8, 4) is 0 Å². The quantitative estimate of drug-likeness (QED) is 0.874. The van der Waals surface area contributed by atoms with Crippen molar-refractivity contribution >= 4 is 0 Å². The Kier molecular flexibility index (Phi) is 4.69. The molecule has 0 bridgehead atoms. The Balaban J connectivity index is 2.00. The van der Waals surface area contributed by atoms with Crippen molar-refractivity contribution in [3.05, 3.63) is 29.6 Å². The molecule has 2 rings (SSSR count). The summed E-state index contributed by atoms with van der Waals surface area (Å²) in [5.74, 6) is 0. The fourth-order valence-corrected chi connectivity index (χ4v) is 2.67. The summed E-state index contributed by atoms with van der Waals surface area (Å²) >= 11 is 0. The van der Waals surface area contributed by atoms with E-state index in [1.165, 1.54) is 11.1 Å². The first-order valence-corrected chi connectivity index (χ1v) is 6.60. The van der Waals surface area contributed by atoms with Crippen LogP contribution in [-0.2, 0) is 11.3 Å². The minimum Gasteiger partial charge on any atom is -0.381 e. The Morgan fingerprint density at radius 3 is 3.00 bits per heavy atom. The summed E-state index contributed by atoms with van der Waals surface area (Å²) in [6.45, 7) is 4.76. The van der Waals surface area contributed by atoms with E-state index in [1.54, 1.807) is 7.11 Å². The molecule has 1 aliphatic rings. The third-order valence-electron chi connectivity index (χ3n) is 3.71. The molecule has 0 amide bonds. The molecule has 4 nitrogen and oxygen atoms in total. The van der Waals surface area contributed by atoms with Gasteiger partial charge < -0.3 is 10.5 Å². The highest BCUT2D eigenvalue weighted by Gasteiger charge is 2.27. The number of methoxy groups -OCH3 is 1. The summed E-state index contributed by atoms with van der Waals surface area (Å²) in [7, 11) is 1.79. The summed E-state index contributed by atoms with van der Waals surface area (Å²) in [4.78, 5) is 6.70. The van der Waals surface area contributed by atoms with E-state index >= 15 is 0 Å². The number of nitrogens with zero attached hydrogens (tertiary/aromatic N) is 2. The third kappa shape index (κ3) is 3.28. The topological polar surface area (TPSA) is 51.4 Å². The molecule has 2 unspecified atom stereocenters. The predicted molar refractivity (Wildman–Crippen MR) is 72.3 cm³/mol. The van der Waals surface area contributed by atoms with Crippen molar-refractivity contribution in [3.63, 3.8) is 0 Å². The van der Waals surface area contributed by atoms with Gasteiger partial charge in [0, 0.05) is 45.2 Å². The summed E-state index contributed by atoms with van der Waals surface area (Å²) in [6, 6.07) is 2.62. The van der Waals surface area contributed by atoms with Crippen LogP contribution in [-0.4, -0.2) is 42.2 Å². The van der Waals surface area contributed by atoms with Gasteiger partial charge in [0.2, 0.25) is 0 Å².